The van der Waals surface area contributed by atoms with Crippen molar-refractivity contribution in [2.75, 3.05) is 39.4 Å². The van der Waals surface area contributed by atoms with Gasteiger partial charge in [-0.15, -0.1) is 0 Å². The second-order valence-corrected chi connectivity index (χ2v) is 9.12. The third-order valence-electron chi connectivity index (χ3n) is 5.15. The molecule has 2 aliphatic rings. The van der Waals surface area contributed by atoms with Crippen molar-refractivity contribution >= 4 is 10.0 Å². The van der Waals surface area contributed by atoms with E-state index in [-0.39, 0.29) is 4.90 Å². The summed E-state index contributed by atoms with van der Waals surface area (Å²) in [5, 5.41) is 0. The quantitative estimate of drug-likeness (QED) is 0.787. The molecule has 0 aromatic heterocycles. The predicted octanol–water partition coefficient (Wildman–Crippen LogP) is 2.74. The van der Waals surface area contributed by atoms with E-state index in [0.717, 1.165) is 32.5 Å². The molecule has 4 rings (SSSR count). The molecule has 0 spiro atoms. The molecule has 0 atom stereocenters. The number of rotatable bonds is 4. The molecule has 0 aliphatic carbocycles. The largest absolute Gasteiger partial charge is 0.490 e. The maximum atomic E-state index is 13.2. The van der Waals surface area contributed by atoms with Crippen LogP contribution in [0.5, 0.6) is 11.5 Å². The molecule has 2 aromatic carbocycles. The molecule has 1 saturated heterocycles. The molecule has 2 heterocycles. The molecule has 0 bridgehead atoms. The zero-order valence-corrected chi connectivity index (χ0v) is 16.7. The lowest BCUT2D eigenvalue weighted by atomic mass is 10.2. The van der Waals surface area contributed by atoms with Gasteiger partial charge in [0.2, 0.25) is 10.0 Å². The first-order valence-corrected chi connectivity index (χ1v) is 11.2. The van der Waals surface area contributed by atoms with Gasteiger partial charge in [0.05, 0.1) is 18.1 Å². The van der Waals surface area contributed by atoms with Crippen LogP contribution in [0, 0.1) is 0 Å². The van der Waals surface area contributed by atoms with E-state index in [1.54, 1.807) is 22.5 Å². The van der Waals surface area contributed by atoms with E-state index < -0.39 is 10.0 Å². The van der Waals surface area contributed by atoms with Crippen LogP contribution in [0.3, 0.4) is 0 Å². The number of fused-ring (bicyclic) bond motifs is 1. The summed E-state index contributed by atoms with van der Waals surface area (Å²) < 4.78 is 39.2. The standard InChI is InChI=1S/C21H26N2O4S/c24-28(25,19-8-9-20-21(16-19)27-15-5-14-26-20)23-11-4-10-22(12-13-23)17-18-6-2-1-3-7-18/h1-3,6-9,16H,4-5,10-15,17H2. The molecule has 1 fully saturated rings. The summed E-state index contributed by atoms with van der Waals surface area (Å²) in [7, 11) is -3.56. The molecule has 150 valence electrons. The number of benzene rings is 2. The van der Waals surface area contributed by atoms with Crippen molar-refractivity contribution in [3.05, 3.63) is 54.1 Å². The molecule has 0 radical (unpaired) electrons. The summed E-state index contributed by atoms with van der Waals surface area (Å²) in [5.41, 5.74) is 1.25. The minimum Gasteiger partial charge on any atom is -0.490 e. The number of hydrogen-bond acceptors (Lipinski definition) is 5. The van der Waals surface area contributed by atoms with Crippen molar-refractivity contribution in [3.63, 3.8) is 0 Å². The van der Waals surface area contributed by atoms with Crippen molar-refractivity contribution in [1.82, 2.24) is 9.21 Å². The highest BCUT2D eigenvalue weighted by molar-refractivity contribution is 7.89. The van der Waals surface area contributed by atoms with Gasteiger partial charge in [-0.2, -0.15) is 4.31 Å². The van der Waals surface area contributed by atoms with E-state index >= 15 is 0 Å². The molecule has 28 heavy (non-hydrogen) atoms. The SMILES string of the molecule is O=S(=O)(c1ccc2c(c1)OCCCO2)N1CCCN(Cc2ccccc2)CC1. The number of ether oxygens (including phenoxy) is 2. The van der Waals surface area contributed by atoms with Crippen LogP contribution >= 0.6 is 0 Å². The zero-order valence-electron chi connectivity index (χ0n) is 15.9. The lowest BCUT2D eigenvalue weighted by molar-refractivity contribution is 0.278. The Kier molecular flexibility index (Phi) is 5.85. The van der Waals surface area contributed by atoms with E-state index in [4.69, 9.17) is 9.47 Å². The highest BCUT2D eigenvalue weighted by atomic mass is 32.2. The normalized spacial score (nSPS) is 19.0. The molecule has 0 unspecified atom stereocenters. The second kappa shape index (κ2) is 8.51. The van der Waals surface area contributed by atoms with E-state index in [1.165, 1.54) is 5.56 Å². The average molecular weight is 403 g/mol. The Balaban J connectivity index is 1.46. The van der Waals surface area contributed by atoms with E-state index in [0.29, 0.717) is 37.8 Å². The number of hydrogen-bond donors (Lipinski definition) is 0. The second-order valence-electron chi connectivity index (χ2n) is 7.18. The van der Waals surface area contributed by atoms with Crippen LogP contribution < -0.4 is 9.47 Å². The fraction of sp³-hybridized carbons (Fsp3) is 0.429. The van der Waals surface area contributed by atoms with Gasteiger partial charge in [-0.3, -0.25) is 4.90 Å². The Morgan fingerprint density at radius 2 is 1.61 bits per heavy atom. The molecule has 2 aliphatic heterocycles. The molecular formula is C21H26N2O4S. The van der Waals surface area contributed by atoms with Gasteiger partial charge in [0, 0.05) is 38.7 Å². The summed E-state index contributed by atoms with van der Waals surface area (Å²) in [5.74, 6) is 1.13. The van der Waals surface area contributed by atoms with E-state index in [1.807, 2.05) is 18.2 Å². The van der Waals surface area contributed by atoms with Crippen LogP contribution in [0.1, 0.15) is 18.4 Å². The molecule has 7 heteroatoms. The smallest absolute Gasteiger partial charge is 0.243 e. The number of sulfonamides is 1. The topological polar surface area (TPSA) is 59.1 Å². The predicted molar refractivity (Wildman–Crippen MR) is 107 cm³/mol. The maximum Gasteiger partial charge on any atom is 0.243 e. The first-order chi connectivity index (χ1) is 13.6. The van der Waals surface area contributed by atoms with Gasteiger partial charge in [0.15, 0.2) is 11.5 Å². The minimum absolute atomic E-state index is 0.272. The van der Waals surface area contributed by atoms with E-state index in [2.05, 4.69) is 17.0 Å². The van der Waals surface area contributed by atoms with E-state index in [9.17, 15) is 8.42 Å². The van der Waals surface area contributed by atoms with Crippen LogP contribution in [0.15, 0.2) is 53.4 Å². The van der Waals surface area contributed by atoms with Gasteiger partial charge in [0.1, 0.15) is 0 Å². The average Bonchev–Trinajstić information content (AvgIpc) is 3.09. The first-order valence-electron chi connectivity index (χ1n) is 9.79. The van der Waals surface area contributed by atoms with Crippen molar-refractivity contribution in [3.8, 4) is 11.5 Å². The number of nitrogens with zero attached hydrogens (tertiary/aromatic N) is 2. The van der Waals surface area contributed by atoms with Crippen LogP contribution in [-0.2, 0) is 16.6 Å². The fourth-order valence-corrected chi connectivity index (χ4v) is 5.13. The Morgan fingerprint density at radius 1 is 0.821 bits per heavy atom. The van der Waals surface area contributed by atoms with Crippen LogP contribution in [-0.4, -0.2) is 57.0 Å². The summed E-state index contributed by atoms with van der Waals surface area (Å²) >= 11 is 0. The summed E-state index contributed by atoms with van der Waals surface area (Å²) in [6.45, 7) is 4.60. The molecular weight excluding hydrogens is 376 g/mol. The molecule has 0 N–H and O–H groups in total. The van der Waals surface area contributed by atoms with Crippen molar-refractivity contribution in [2.24, 2.45) is 0 Å². The van der Waals surface area contributed by atoms with Crippen molar-refractivity contribution in [1.29, 1.82) is 0 Å². The van der Waals surface area contributed by atoms with Crippen LogP contribution in [0.4, 0.5) is 0 Å². The van der Waals surface area contributed by atoms with Gasteiger partial charge in [0.25, 0.3) is 0 Å². The molecule has 0 amide bonds. The summed E-state index contributed by atoms with van der Waals surface area (Å²) in [6.07, 6.45) is 1.61. The lowest BCUT2D eigenvalue weighted by Crippen LogP contribution is -2.35. The lowest BCUT2D eigenvalue weighted by Gasteiger charge is -2.22. The Labute approximate surface area is 166 Å². The third kappa shape index (κ3) is 4.32. The Bertz CT molecular complexity index is 902. The van der Waals surface area contributed by atoms with Gasteiger partial charge in [-0.05, 0) is 30.7 Å². The van der Waals surface area contributed by atoms with Gasteiger partial charge < -0.3 is 9.47 Å². The maximum absolute atomic E-state index is 13.2. The summed E-state index contributed by atoms with van der Waals surface area (Å²) in [4.78, 5) is 2.59. The van der Waals surface area contributed by atoms with Gasteiger partial charge in [-0.25, -0.2) is 8.42 Å². The highest BCUT2D eigenvalue weighted by Crippen LogP contribution is 2.33. The summed E-state index contributed by atoms with van der Waals surface area (Å²) in [6, 6.07) is 15.2. The van der Waals surface area contributed by atoms with Gasteiger partial charge in [-0.1, -0.05) is 30.3 Å². The molecule has 6 nitrogen and oxygen atoms in total. The highest BCUT2D eigenvalue weighted by Gasteiger charge is 2.28. The van der Waals surface area contributed by atoms with Crippen LogP contribution in [0.2, 0.25) is 0 Å². The molecule has 0 saturated carbocycles. The zero-order chi connectivity index (χ0) is 19.4. The Morgan fingerprint density at radius 3 is 2.43 bits per heavy atom. The van der Waals surface area contributed by atoms with Gasteiger partial charge >= 0.3 is 0 Å². The minimum atomic E-state index is -3.56. The molecule has 2 aromatic rings. The van der Waals surface area contributed by atoms with Crippen molar-refractivity contribution in [2.45, 2.75) is 24.3 Å². The van der Waals surface area contributed by atoms with Crippen molar-refractivity contribution < 1.29 is 17.9 Å². The van der Waals surface area contributed by atoms with Crippen LogP contribution in [0.25, 0.3) is 0 Å². The fourth-order valence-electron chi connectivity index (χ4n) is 3.64. The third-order valence-corrected chi connectivity index (χ3v) is 7.05. The monoisotopic (exact) mass is 402 g/mol. The first kappa shape index (κ1) is 19.2. The Hall–Kier alpha value is -2.09.